The number of likely N-dealkylation sites (tertiary alicyclic amines) is 1. The van der Waals surface area contributed by atoms with Crippen molar-refractivity contribution in [3.63, 3.8) is 0 Å². The minimum absolute atomic E-state index is 0.0857. The molecule has 1 aromatic heterocycles. The smallest absolute Gasteiger partial charge is 0.326 e. The molecule has 14 heteroatoms. The van der Waals surface area contributed by atoms with Crippen LogP contribution in [0.2, 0.25) is 0 Å². The average molecular weight is 468 g/mol. The van der Waals surface area contributed by atoms with Gasteiger partial charge in [0.05, 0.1) is 19.0 Å². The number of hydrogen-bond donors (Lipinski definition) is 7. The molecule has 3 amide bonds. The van der Waals surface area contributed by atoms with Gasteiger partial charge in [-0.3, -0.25) is 19.2 Å². The third-order valence-corrected chi connectivity index (χ3v) is 5.23. The van der Waals surface area contributed by atoms with Crippen LogP contribution in [0.25, 0.3) is 0 Å². The lowest BCUT2D eigenvalue weighted by atomic mass is 10.1. The molecule has 1 aliphatic rings. The number of aromatic nitrogens is 2. The summed E-state index contributed by atoms with van der Waals surface area (Å²) in [4.78, 5) is 67.9. The number of aliphatic carboxylic acids is 2. The fourth-order valence-electron chi connectivity index (χ4n) is 3.49. The fourth-order valence-corrected chi connectivity index (χ4v) is 3.49. The van der Waals surface area contributed by atoms with Gasteiger partial charge in [-0.15, -0.1) is 0 Å². The van der Waals surface area contributed by atoms with E-state index < -0.39 is 66.9 Å². The molecular weight excluding hydrogens is 440 g/mol. The van der Waals surface area contributed by atoms with Gasteiger partial charge in [-0.05, 0) is 19.3 Å². The maximum Gasteiger partial charge on any atom is 0.326 e. The molecule has 0 aliphatic carbocycles. The molecule has 4 atom stereocenters. The predicted octanol–water partition coefficient (Wildman–Crippen LogP) is -2.82. The number of carbonyl (C=O) groups excluding carboxylic acids is 3. The zero-order valence-corrected chi connectivity index (χ0v) is 17.8. The number of carboxylic acid groups (broad SMARTS) is 2. The number of aliphatic hydroxyl groups is 1. The molecule has 2 heterocycles. The molecule has 1 aromatic rings. The van der Waals surface area contributed by atoms with Crippen LogP contribution in [0.4, 0.5) is 0 Å². The van der Waals surface area contributed by atoms with Gasteiger partial charge in [0, 0.05) is 31.3 Å². The van der Waals surface area contributed by atoms with Crippen LogP contribution in [0, 0.1) is 0 Å². The van der Waals surface area contributed by atoms with Crippen LogP contribution in [-0.4, -0.2) is 97.2 Å². The van der Waals surface area contributed by atoms with Crippen molar-refractivity contribution in [3.05, 3.63) is 18.2 Å². The molecule has 4 unspecified atom stereocenters. The molecule has 1 fully saturated rings. The number of imidazole rings is 1. The highest BCUT2D eigenvalue weighted by atomic mass is 16.4. The van der Waals surface area contributed by atoms with E-state index in [1.165, 1.54) is 12.5 Å². The molecule has 0 bridgehead atoms. The van der Waals surface area contributed by atoms with Crippen LogP contribution in [-0.2, 0) is 30.4 Å². The van der Waals surface area contributed by atoms with Crippen molar-refractivity contribution in [2.75, 3.05) is 13.2 Å². The SMILES string of the molecule is NC(Cc1cnc[nH]1)C(=O)NC(CCC(=O)O)C(=O)NC(CO)C(=O)N1CCCC1C(=O)O. The Bertz CT molecular complexity index is 860. The first-order chi connectivity index (χ1) is 15.6. The first-order valence-electron chi connectivity index (χ1n) is 10.3. The number of carboxylic acids is 2. The predicted molar refractivity (Wildman–Crippen MR) is 110 cm³/mol. The van der Waals surface area contributed by atoms with Gasteiger partial charge in [0.2, 0.25) is 17.7 Å². The Hall–Kier alpha value is -3.52. The molecule has 2 rings (SSSR count). The Morgan fingerprint density at radius 1 is 1.18 bits per heavy atom. The maximum absolute atomic E-state index is 12.8. The number of aromatic amines is 1. The van der Waals surface area contributed by atoms with Crippen LogP contribution in [0.1, 0.15) is 31.4 Å². The third kappa shape index (κ3) is 7.25. The molecule has 0 saturated carbocycles. The van der Waals surface area contributed by atoms with E-state index in [9.17, 15) is 34.2 Å². The standard InChI is InChI=1S/C19H28N6O8/c20-11(6-10-7-21-9-22-10)16(29)23-12(3-4-15(27)28)17(30)24-13(8-26)18(31)25-5-1-2-14(25)19(32)33/h7,9,11-14,26H,1-6,8,20H2,(H,21,22)(H,23,29)(H,24,30)(H,27,28)(H,32,33). The number of nitrogens with zero attached hydrogens (tertiary/aromatic N) is 2. The van der Waals surface area contributed by atoms with Crippen molar-refractivity contribution in [2.45, 2.75) is 56.3 Å². The zero-order valence-electron chi connectivity index (χ0n) is 17.8. The van der Waals surface area contributed by atoms with Crippen molar-refractivity contribution in [1.29, 1.82) is 0 Å². The molecular formula is C19H28N6O8. The molecule has 33 heavy (non-hydrogen) atoms. The van der Waals surface area contributed by atoms with Crippen LogP contribution in [0.3, 0.4) is 0 Å². The summed E-state index contributed by atoms with van der Waals surface area (Å²) in [6.07, 6.45) is 2.92. The molecule has 0 aromatic carbocycles. The number of carbonyl (C=O) groups is 5. The van der Waals surface area contributed by atoms with E-state index in [0.717, 1.165) is 4.90 Å². The summed E-state index contributed by atoms with van der Waals surface area (Å²) < 4.78 is 0. The lowest BCUT2D eigenvalue weighted by Crippen LogP contribution is -2.58. The van der Waals surface area contributed by atoms with E-state index in [4.69, 9.17) is 10.8 Å². The van der Waals surface area contributed by atoms with Gasteiger partial charge in [0.25, 0.3) is 0 Å². The van der Waals surface area contributed by atoms with Crippen molar-refractivity contribution < 1.29 is 39.3 Å². The summed E-state index contributed by atoms with van der Waals surface area (Å²) >= 11 is 0. The Kier molecular flexibility index (Phi) is 9.30. The first-order valence-corrected chi connectivity index (χ1v) is 10.3. The number of amides is 3. The summed E-state index contributed by atoms with van der Waals surface area (Å²) in [7, 11) is 0. The van der Waals surface area contributed by atoms with Gasteiger partial charge < -0.3 is 41.6 Å². The lowest BCUT2D eigenvalue weighted by molar-refractivity contribution is -0.150. The second-order valence-corrected chi connectivity index (χ2v) is 7.65. The molecule has 0 radical (unpaired) electrons. The Labute approximate surface area is 188 Å². The summed E-state index contributed by atoms with van der Waals surface area (Å²) in [6.45, 7) is -0.657. The Morgan fingerprint density at radius 2 is 1.88 bits per heavy atom. The third-order valence-electron chi connectivity index (χ3n) is 5.23. The summed E-state index contributed by atoms with van der Waals surface area (Å²) in [6, 6.07) is -4.94. The van der Waals surface area contributed by atoms with Crippen LogP contribution < -0.4 is 16.4 Å². The number of nitrogens with one attached hydrogen (secondary N) is 3. The number of nitrogens with two attached hydrogens (primary N) is 1. The van der Waals surface area contributed by atoms with Gasteiger partial charge >= 0.3 is 11.9 Å². The average Bonchev–Trinajstić information content (AvgIpc) is 3.45. The van der Waals surface area contributed by atoms with E-state index >= 15 is 0 Å². The Balaban J connectivity index is 2.06. The molecule has 1 aliphatic heterocycles. The quantitative estimate of drug-likeness (QED) is 0.166. The highest BCUT2D eigenvalue weighted by Crippen LogP contribution is 2.18. The van der Waals surface area contributed by atoms with Crippen molar-refractivity contribution >= 4 is 29.7 Å². The van der Waals surface area contributed by atoms with Crippen LogP contribution >= 0.6 is 0 Å². The first kappa shape index (κ1) is 25.7. The van der Waals surface area contributed by atoms with Crippen molar-refractivity contribution in [3.8, 4) is 0 Å². The molecule has 1 saturated heterocycles. The second-order valence-electron chi connectivity index (χ2n) is 7.65. The minimum Gasteiger partial charge on any atom is -0.481 e. The van der Waals surface area contributed by atoms with E-state index in [0.29, 0.717) is 12.1 Å². The zero-order chi connectivity index (χ0) is 24.5. The van der Waals surface area contributed by atoms with E-state index in [2.05, 4.69) is 20.6 Å². The molecule has 0 spiro atoms. The topological polar surface area (TPSA) is 228 Å². The molecule has 14 nitrogen and oxygen atoms in total. The normalized spacial score (nSPS) is 18.2. The summed E-state index contributed by atoms with van der Waals surface area (Å²) in [5.74, 6) is -4.82. The highest BCUT2D eigenvalue weighted by Gasteiger charge is 2.38. The van der Waals surface area contributed by atoms with E-state index in [1.807, 2.05) is 0 Å². The Morgan fingerprint density at radius 3 is 2.45 bits per heavy atom. The van der Waals surface area contributed by atoms with Crippen LogP contribution in [0.5, 0.6) is 0 Å². The maximum atomic E-state index is 12.8. The minimum atomic E-state index is -1.46. The van der Waals surface area contributed by atoms with Gasteiger partial charge in [-0.25, -0.2) is 9.78 Å². The van der Waals surface area contributed by atoms with Crippen LogP contribution in [0.15, 0.2) is 12.5 Å². The van der Waals surface area contributed by atoms with Gasteiger partial charge in [-0.2, -0.15) is 0 Å². The number of aliphatic hydroxyl groups excluding tert-OH is 1. The van der Waals surface area contributed by atoms with Crippen molar-refractivity contribution in [1.82, 2.24) is 25.5 Å². The van der Waals surface area contributed by atoms with E-state index in [-0.39, 0.29) is 25.8 Å². The largest absolute Gasteiger partial charge is 0.481 e. The molecule has 8 N–H and O–H groups in total. The molecule has 182 valence electrons. The monoisotopic (exact) mass is 468 g/mol. The van der Waals surface area contributed by atoms with Gasteiger partial charge in [0.1, 0.15) is 18.1 Å². The highest BCUT2D eigenvalue weighted by molar-refractivity contribution is 5.94. The van der Waals surface area contributed by atoms with Gasteiger partial charge in [-0.1, -0.05) is 0 Å². The van der Waals surface area contributed by atoms with Gasteiger partial charge in [0.15, 0.2) is 0 Å². The number of hydrogen-bond acceptors (Lipinski definition) is 8. The lowest BCUT2D eigenvalue weighted by Gasteiger charge is -2.28. The van der Waals surface area contributed by atoms with E-state index in [1.54, 1.807) is 0 Å². The summed E-state index contributed by atoms with van der Waals surface area (Å²) in [5, 5.41) is 32.5. The number of H-pyrrole nitrogens is 1. The van der Waals surface area contributed by atoms with Crippen molar-refractivity contribution in [2.24, 2.45) is 5.73 Å². The fraction of sp³-hybridized carbons (Fsp3) is 0.579. The second kappa shape index (κ2) is 11.9. The number of rotatable bonds is 12. The summed E-state index contributed by atoms with van der Waals surface area (Å²) in [5.41, 5.74) is 6.43.